The van der Waals surface area contributed by atoms with Gasteiger partial charge in [-0.3, -0.25) is 4.79 Å². The lowest BCUT2D eigenvalue weighted by Gasteiger charge is -2.17. The van der Waals surface area contributed by atoms with E-state index in [1.165, 1.54) is 0 Å². The smallest absolute Gasteiger partial charge is 0.254 e. The summed E-state index contributed by atoms with van der Waals surface area (Å²) in [6.07, 6.45) is 1.64. The second kappa shape index (κ2) is 8.00. The quantitative estimate of drug-likeness (QED) is 0.712. The highest BCUT2D eigenvalue weighted by Gasteiger charge is 2.14. The number of nitrogens with zero attached hydrogens (tertiary/aromatic N) is 2. The Kier molecular flexibility index (Phi) is 5.10. The summed E-state index contributed by atoms with van der Waals surface area (Å²) >= 11 is 0. The maximum absolute atomic E-state index is 12.7. The Balaban J connectivity index is 1.40. The molecule has 1 aliphatic heterocycles. The number of hydrogen-bond donors (Lipinski definition) is 1. The molecular weight excluding hydrogens is 354 g/mol. The molecule has 2 heterocycles. The van der Waals surface area contributed by atoms with Crippen LogP contribution in [0.2, 0.25) is 0 Å². The number of amides is 1. The summed E-state index contributed by atoms with van der Waals surface area (Å²) in [6.45, 7) is 1.39. The van der Waals surface area contributed by atoms with Crippen molar-refractivity contribution in [2.75, 3.05) is 19.2 Å². The summed E-state index contributed by atoms with van der Waals surface area (Å²) in [6, 6.07) is 19.2. The van der Waals surface area contributed by atoms with Gasteiger partial charge in [0.25, 0.3) is 5.91 Å². The third-order valence-corrected chi connectivity index (χ3v) is 4.53. The summed E-state index contributed by atoms with van der Waals surface area (Å²) in [7, 11) is 1.80. The lowest BCUT2D eigenvalue weighted by Crippen LogP contribution is -2.26. The number of rotatable bonds is 6. The molecule has 1 N–H and O–H groups in total. The van der Waals surface area contributed by atoms with E-state index in [0.717, 1.165) is 22.6 Å². The van der Waals surface area contributed by atoms with Crippen molar-refractivity contribution in [1.29, 1.82) is 0 Å². The van der Waals surface area contributed by atoms with Crippen LogP contribution < -0.4 is 14.8 Å². The van der Waals surface area contributed by atoms with Gasteiger partial charge in [-0.25, -0.2) is 4.98 Å². The highest BCUT2D eigenvalue weighted by molar-refractivity contribution is 5.94. The lowest BCUT2D eigenvalue weighted by atomic mass is 10.2. The van der Waals surface area contributed by atoms with E-state index in [4.69, 9.17) is 9.47 Å². The fraction of sp³-hybridized carbons (Fsp3) is 0.182. The number of ether oxygens (including phenoxy) is 2. The maximum atomic E-state index is 12.7. The Labute approximate surface area is 163 Å². The molecule has 6 nitrogen and oxygen atoms in total. The Morgan fingerprint density at radius 1 is 1.04 bits per heavy atom. The van der Waals surface area contributed by atoms with Crippen molar-refractivity contribution in [3.05, 3.63) is 83.6 Å². The molecule has 0 spiro atoms. The average molecular weight is 375 g/mol. The van der Waals surface area contributed by atoms with Gasteiger partial charge in [0.2, 0.25) is 6.79 Å². The minimum atomic E-state index is -0.0441. The predicted molar refractivity (Wildman–Crippen MR) is 106 cm³/mol. The summed E-state index contributed by atoms with van der Waals surface area (Å²) in [4.78, 5) is 18.8. The standard InChI is InChI=1S/C22H21N3O3/c1-25(14-16-5-3-2-4-6-16)22(26)18-9-10-23-21(12-18)24-13-17-7-8-19-20(11-17)28-15-27-19/h2-12H,13-15H2,1H3,(H,23,24). The summed E-state index contributed by atoms with van der Waals surface area (Å²) in [5.41, 5.74) is 2.74. The first-order chi connectivity index (χ1) is 13.7. The van der Waals surface area contributed by atoms with E-state index < -0.39 is 0 Å². The van der Waals surface area contributed by atoms with Crippen molar-refractivity contribution in [3.63, 3.8) is 0 Å². The maximum Gasteiger partial charge on any atom is 0.254 e. The van der Waals surface area contributed by atoms with Crippen LogP contribution in [0, 0.1) is 0 Å². The van der Waals surface area contributed by atoms with Crippen molar-refractivity contribution in [2.24, 2.45) is 0 Å². The number of fused-ring (bicyclic) bond motifs is 1. The molecule has 0 aliphatic carbocycles. The van der Waals surface area contributed by atoms with Gasteiger partial charge in [0.1, 0.15) is 5.82 Å². The summed E-state index contributed by atoms with van der Waals surface area (Å²) in [5, 5.41) is 3.26. The van der Waals surface area contributed by atoms with Crippen LogP contribution in [0.5, 0.6) is 11.5 Å². The average Bonchev–Trinajstić information content (AvgIpc) is 3.20. The molecule has 1 aliphatic rings. The normalized spacial score (nSPS) is 11.9. The van der Waals surface area contributed by atoms with E-state index in [9.17, 15) is 4.79 Å². The minimum Gasteiger partial charge on any atom is -0.454 e. The lowest BCUT2D eigenvalue weighted by molar-refractivity contribution is 0.0785. The molecule has 4 rings (SSSR count). The first-order valence-electron chi connectivity index (χ1n) is 9.07. The topological polar surface area (TPSA) is 63.7 Å². The Bertz CT molecular complexity index is 976. The van der Waals surface area contributed by atoms with Gasteiger partial charge < -0.3 is 19.7 Å². The molecule has 1 aromatic heterocycles. The molecule has 0 saturated heterocycles. The molecule has 6 heteroatoms. The first-order valence-corrected chi connectivity index (χ1v) is 9.07. The monoisotopic (exact) mass is 375 g/mol. The van der Waals surface area contributed by atoms with Gasteiger partial charge in [-0.2, -0.15) is 0 Å². The highest BCUT2D eigenvalue weighted by atomic mass is 16.7. The number of hydrogen-bond acceptors (Lipinski definition) is 5. The molecular formula is C22H21N3O3. The molecule has 0 radical (unpaired) electrons. The largest absolute Gasteiger partial charge is 0.454 e. The highest BCUT2D eigenvalue weighted by Crippen LogP contribution is 2.32. The molecule has 1 amide bonds. The molecule has 142 valence electrons. The minimum absolute atomic E-state index is 0.0441. The van der Waals surface area contributed by atoms with Gasteiger partial charge >= 0.3 is 0 Å². The third kappa shape index (κ3) is 4.06. The van der Waals surface area contributed by atoms with Gasteiger partial charge in [0, 0.05) is 31.9 Å². The number of carbonyl (C=O) groups excluding carboxylic acids is 1. The van der Waals surface area contributed by atoms with Gasteiger partial charge in [-0.1, -0.05) is 36.4 Å². The molecule has 0 fully saturated rings. The molecule has 0 saturated carbocycles. The third-order valence-electron chi connectivity index (χ3n) is 4.53. The zero-order valence-electron chi connectivity index (χ0n) is 15.6. The van der Waals surface area contributed by atoms with Crippen LogP contribution in [0.15, 0.2) is 66.9 Å². The van der Waals surface area contributed by atoms with Crippen molar-refractivity contribution in [2.45, 2.75) is 13.1 Å². The van der Waals surface area contributed by atoms with E-state index >= 15 is 0 Å². The van der Waals surface area contributed by atoms with Gasteiger partial charge in [-0.05, 0) is 35.4 Å². The van der Waals surface area contributed by atoms with E-state index in [2.05, 4.69) is 10.3 Å². The number of nitrogens with one attached hydrogen (secondary N) is 1. The number of anilines is 1. The molecule has 0 bridgehead atoms. The molecule has 0 unspecified atom stereocenters. The van der Waals surface area contributed by atoms with Crippen LogP contribution in [0.4, 0.5) is 5.82 Å². The fourth-order valence-electron chi connectivity index (χ4n) is 3.05. The van der Waals surface area contributed by atoms with Gasteiger partial charge in [0.05, 0.1) is 0 Å². The van der Waals surface area contributed by atoms with E-state index in [-0.39, 0.29) is 12.7 Å². The zero-order chi connectivity index (χ0) is 19.3. The van der Waals surface area contributed by atoms with Crippen molar-refractivity contribution >= 4 is 11.7 Å². The van der Waals surface area contributed by atoms with Crippen molar-refractivity contribution in [1.82, 2.24) is 9.88 Å². The van der Waals surface area contributed by atoms with E-state index in [1.807, 2.05) is 48.5 Å². The van der Waals surface area contributed by atoms with Crippen LogP contribution in [-0.2, 0) is 13.1 Å². The van der Waals surface area contributed by atoms with Crippen molar-refractivity contribution in [3.8, 4) is 11.5 Å². The van der Waals surface area contributed by atoms with E-state index in [0.29, 0.717) is 24.5 Å². The van der Waals surface area contributed by atoms with Crippen LogP contribution in [0.25, 0.3) is 0 Å². The fourth-order valence-corrected chi connectivity index (χ4v) is 3.05. The number of pyridine rings is 1. The first kappa shape index (κ1) is 17.9. The van der Waals surface area contributed by atoms with Crippen LogP contribution in [0.3, 0.4) is 0 Å². The van der Waals surface area contributed by atoms with Crippen LogP contribution in [-0.4, -0.2) is 29.6 Å². The van der Waals surface area contributed by atoms with Crippen LogP contribution >= 0.6 is 0 Å². The summed E-state index contributed by atoms with van der Waals surface area (Å²) in [5.74, 6) is 2.11. The second-order valence-corrected chi connectivity index (χ2v) is 6.62. The predicted octanol–water partition coefficient (Wildman–Crippen LogP) is 3.69. The van der Waals surface area contributed by atoms with Gasteiger partial charge in [0.15, 0.2) is 11.5 Å². The van der Waals surface area contributed by atoms with Gasteiger partial charge in [-0.15, -0.1) is 0 Å². The summed E-state index contributed by atoms with van der Waals surface area (Å²) < 4.78 is 10.7. The molecule has 28 heavy (non-hydrogen) atoms. The number of carbonyl (C=O) groups is 1. The number of aromatic nitrogens is 1. The van der Waals surface area contributed by atoms with E-state index in [1.54, 1.807) is 30.3 Å². The SMILES string of the molecule is CN(Cc1ccccc1)C(=O)c1ccnc(NCc2ccc3c(c2)OCO3)c1. The number of benzene rings is 2. The zero-order valence-corrected chi connectivity index (χ0v) is 15.6. The Morgan fingerprint density at radius 2 is 1.86 bits per heavy atom. The molecule has 3 aromatic rings. The molecule has 0 atom stereocenters. The Morgan fingerprint density at radius 3 is 2.71 bits per heavy atom. The second-order valence-electron chi connectivity index (χ2n) is 6.62. The van der Waals surface area contributed by atoms with Crippen LogP contribution in [0.1, 0.15) is 21.5 Å². The Hall–Kier alpha value is -3.54. The molecule has 2 aromatic carbocycles. The van der Waals surface area contributed by atoms with Crippen molar-refractivity contribution < 1.29 is 14.3 Å².